The zero-order chi connectivity index (χ0) is 88.7. The van der Waals surface area contributed by atoms with E-state index in [1.165, 1.54) is 89.5 Å². The van der Waals surface area contributed by atoms with E-state index < -0.39 is 271 Å². The van der Waals surface area contributed by atoms with Gasteiger partial charge in [0.15, 0.2) is 18.9 Å². The summed E-state index contributed by atoms with van der Waals surface area (Å²) in [5, 5.41) is 211. The molecule has 37 nitrogen and oxygen atoms in total. The van der Waals surface area contributed by atoms with Gasteiger partial charge in [-0.3, -0.25) is 14.4 Å². The number of Topliss-reactive ketones (excluding diaryl/α,β-unsaturated/α-hetero) is 1. The summed E-state index contributed by atoms with van der Waals surface area (Å²) >= 11 is 0. The number of hydrogen-bond donors (Lipinski definition) is 21. The third-order valence-electron chi connectivity index (χ3n) is 22.9. The molecule has 29 atom stereocenters. The molecule has 29 unspecified atom stereocenters. The lowest BCUT2D eigenvalue weighted by molar-refractivity contribution is -0.404. The molecule has 5 fully saturated rings. The van der Waals surface area contributed by atoms with E-state index in [1.807, 2.05) is 0 Å². The zero-order valence-corrected chi connectivity index (χ0v) is 70.6. The van der Waals surface area contributed by atoms with E-state index in [2.05, 4.69) is 41.9 Å². The molecule has 0 aliphatic carbocycles. The first-order chi connectivity index (χ1) is 57.3. The van der Waals surface area contributed by atoms with Crippen molar-refractivity contribution in [2.75, 3.05) is 39.6 Å². The van der Waals surface area contributed by atoms with E-state index in [1.54, 1.807) is 6.08 Å². The lowest BCUT2D eigenvalue weighted by Gasteiger charge is -2.52. The van der Waals surface area contributed by atoms with Crippen LogP contribution in [0.25, 0.3) is 0 Å². The van der Waals surface area contributed by atoms with Crippen molar-refractivity contribution >= 4 is 35.4 Å². The number of carbonyl (C=O) groups is 6. The van der Waals surface area contributed by atoms with E-state index >= 15 is 0 Å². The number of aliphatic carboxylic acids is 2. The molecular formula is C83H145N3O34. The molecule has 0 aromatic heterocycles. The van der Waals surface area contributed by atoms with E-state index in [0.29, 0.717) is 12.8 Å². The molecule has 5 aliphatic heterocycles. The van der Waals surface area contributed by atoms with Gasteiger partial charge in [-0.25, -0.2) is 9.59 Å². The van der Waals surface area contributed by atoms with Crippen LogP contribution in [0.3, 0.4) is 0 Å². The van der Waals surface area contributed by atoms with Crippen LogP contribution in [0.15, 0.2) is 24.3 Å². The highest BCUT2D eigenvalue weighted by atomic mass is 16.8. The van der Waals surface area contributed by atoms with Gasteiger partial charge in [0.2, 0.25) is 17.7 Å². The molecule has 5 aliphatic rings. The molecule has 0 saturated carbocycles. The third kappa shape index (κ3) is 33.0. The molecule has 5 saturated heterocycles. The minimum Gasteiger partial charge on any atom is -0.477 e. The summed E-state index contributed by atoms with van der Waals surface area (Å²) in [5.41, 5.74) is 0. The van der Waals surface area contributed by atoms with Crippen molar-refractivity contribution in [1.82, 2.24) is 16.0 Å². The predicted molar refractivity (Wildman–Crippen MR) is 427 cm³/mol. The van der Waals surface area contributed by atoms with Crippen molar-refractivity contribution in [3.8, 4) is 0 Å². The molecule has 3 amide bonds. The number of unbranched alkanes of at least 4 members (excludes halogenated alkanes) is 26. The highest BCUT2D eigenvalue weighted by molar-refractivity contribution is 5.78. The van der Waals surface area contributed by atoms with E-state index in [9.17, 15) is 121 Å². The SMILES string of the molecule is CCCCCCCCC=CCCCCCCCCCCCC(=O)NC(COC1OC(CO)C(OC2OC(CO)C(OC3OC(CO)C(O)C(O)C3CC(C)=O)C(OC3(C(=O)O)CC(O)C(NC(C)=O)C(C(O)C(CO)OC4(C(=O)O)CC(O)C(NC(C)=O)C(C(O)C(O)CO)O4)O3)C2O)C(O)C1O)C(O)C=CCCCCCCCCCCCCC. The maximum atomic E-state index is 14.2. The summed E-state index contributed by atoms with van der Waals surface area (Å²) in [6, 6.07) is -4.96. The molecule has 5 rings (SSSR count). The summed E-state index contributed by atoms with van der Waals surface area (Å²) < 4.78 is 60.2. The van der Waals surface area contributed by atoms with Crippen molar-refractivity contribution in [3.05, 3.63) is 24.3 Å². The van der Waals surface area contributed by atoms with Gasteiger partial charge in [-0.15, -0.1) is 0 Å². The number of aliphatic hydroxyl groups is 16. The van der Waals surface area contributed by atoms with Gasteiger partial charge in [-0.1, -0.05) is 179 Å². The normalized spacial score (nSPS) is 32.7. The summed E-state index contributed by atoms with van der Waals surface area (Å²) in [6.45, 7) is 0.711. The Balaban J connectivity index is 1.41. The third-order valence-corrected chi connectivity index (χ3v) is 22.9. The Hall–Kier alpha value is -4.54. The maximum Gasteiger partial charge on any atom is 0.364 e. The van der Waals surface area contributed by atoms with Gasteiger partial charge in [0.1, 0.15) is 103 Å². The number of nitrogens with one attached hydrogen (secondary N) is 3. The number of aliphatic hydroxyl groups excluding tert-OH is 16. The van der Waals surface area contributed by atoms with Crippen LogP contribution in [0, 0.1) is 5.92 Å². The fraction of sp³-hybridized carbons (Fsp3) is 0.880. The van der Waals surface area contributed by atoms with Gasteiger partial charge in [-0.2, -0.15) is 0 Å². The highest BCUT2D eigenvalue weighted by Crippen LogP contribution is 2.43. The first kappa shape index (κ1) is 106. The number of ketones is 1. The number of hydrogen-bond acceptors (Lipinski definition) is 32. The number of carboxylic acids is 2. The molecule has 696 valence electrons. The molecule has 0 spiro atoms. The zero-order valence-electron chi connectivity index (χ0n) is 70.6. The number of rotatable bonds is 60. The molecule has 0 aromatic rings. The average Bonchev–Trinajstić information content (AvgIpc) is 0.746. The molecule has 37 heteroatoms. The van der Waals surface area contributed by atoms with Crippen molar-refractivity contribution < 1.29 is 168 Å². The Morgan fingerprint density at radius 1 is 0.475 bits per heavy atom. The Kier molecular flexibility index (Phi) is 49.3. The smallest absolute Gasteiger partial charge is 0.364 e. The highest BCUT2D eigenvalue weighted by Gasteiger charge is 2.64. The van der Waals surface area contributed by atoms with Gasteiger partial charge in [0.05, 0.1) is 82.2 Å². The first-order valence-corrected chi connectivity index (χ1v) is 43.6. The van der Waals surface area contributed by atoms with E-state index in [0.717, 1.165) is 111 Å². The summed E-state index contributed by atoms with van der Waals surface area (Å²) in [6.07, 6.45) is -12.9. The lowest BCUT2D eigenvalue weighted by atomic mass is 9.86. The van der Waals surface area contributed by atoms with Crippen LogP contribution >= 0.6 is 0 Å². The van der Waals surface area contributed by atoms with Crippen LogP contribution in [0.4, 0.5) is 0 Å². The Bertz CT molecular complexity index is 2980. The molecule has 21 N–H and O–H groups in total. The summed E-state index contributed by atoms with van der Waals surface area (Å²) in [5.74, 6) is -15.9. The van der Waals surface area contributed by atoms with E-state index in [4.69, 9.17) is 47.4 Å². The van der Waals surface area contributed by atoms with Gasteiger partial charge in [0, 0.05) is 45.4 Å². The quantitative estimate of drug-likeness (QED) is 0.0295. The van der Waals surface area contributed by atoms with Crippen molar-refractivity contribution in [2.24, 2.45) is 5.92 Å². The molecule has 5 heterocycles. The average molecular weight is 1730 g/mol. The van der Waals surface area contributed by atoms with Gasteiger partial charge in [-0.05, 0) is 51.9 Å². The predicted octanol–water partition coefficient (Wildman–Crippen LogP) is 0.734. The van der Waals surface area contributed by atoms with Crippen molar-refractivity contribution in [2.45, 2.75) is 417 Å². The monoisotopic (exact) mass is 1730 g/mol. The van der Waals surface area contributed by atoms with Crippen LogP contribution in [0.5, 0.6) is 0 Å². The standard InChI is InChI=1S/C83H145N3O34/c1-6-8-10-12-14-16-18-20-21-22-23-24-25-27-29-31-33-35-37-39-62(99)86-53(54(95)38-36-34-32-30-28-26-19-17-15-13-11-9-7-2)48-111-78-70(105)69(104)72(60(46-90)113-78)115-79-71(106)76(73(61(47-91)114-79)116-77-52(40-49(3)92)65(100)67(102)58(44-88)112-77)120-83(81(109)110)42-56(97)64(85-51(5)94)75(119-83)68(103)59(45-89)117-82(80(107)108)41-55(96)63(84-50(4)93)74(118-82)66(101)57(98)43-87/h20-21,36,38,52-61,63-79,87-91,95-98,100-106H,6-19,22-35,37,39-48H2,1-5H3,(H,84,93)(H,85,94)(H,86,99)(H,107,108)(H,109,110). The fourth-order valence-corrected chi connectivity index (χ4v) is 16.1. The van der Waals surface area contributed by atoms with Crippen molar-refractivity contribution in [1.29, 1.82) is 0 Å². The van der Waals surface area contributed by atoms with Gasteiger partial charge < -0.3 is 160 Å². The van der Waals surface area contributed by atoms with Crippen LogP contribution < -0.4 is 16.0 Å². The Labute approximate surface area is 703 Å². The molecule has 0 bridgehead atoms. The van der Waals surface area contributed by atoms with E-state index in [-0.39, 0.29) is 6.42 Å². The molecule has 120 heavy (non-hydrogen) atoms. The van der Waals surface area contributed by atoms with Gasteiger partial charge >= 0.3 is 11.9 Å². The Morgan fingerprint density at radius 3 is 1.39 bits per heavy atom. The summed E-state index contributed by atoms with van der Waals surface area (Å²) in [4.78, 5) is 79.3. The van der Waals surface area contributed by atoms with Crippen molar-refractivity contribution in [3.63, 3.8) is 0 Å². The molecular weight excluding hydrogens is 1580 g/mol. The van der Waals surface area contributed by atoms with Crippen LogP contribution in [-0.2, 0) is 76.1 Å². The molecule has 0 aromatic carbocycles. The van der Waals surface area contributed by atoms with Crippen LogP contribution in [0.2, 0.25) is 0 Å². The minimum absolute atomic E-state index is 0.110. The second-order valence-electron chi connectivity index (χ2n) is 32.8. The number of allylic oxidation sites excluding steroid dienone is 3. The number of amides is 3. The second-order valence-corrected chi connectivity index (χ2v) is 32.8. The molecule has 0 radical (unpaired) electrons. The number of carboxylic acid groups (broad SMARTS) is 2. The largest absolute Gasteiger partial charge is 0.477 e. The minimum atomic E-state index is -3.58. The first-order valence-electron chi connectivity index (χ1n) is 43.6. The van der Waals surface area contributed by atoms with Crippen LogP contribution in [-0.4, -0.2) is 338 Å². The Morgan fingerprint density at radius 2 is 0.917 bits per heavy atom. The fourth-order valence-electron chi connectivity index (χ4n) is 16.1. The maximum absolute atomic E-state index is 14.2. The summed E-state index contributed by atoms with van der Waals surface area (Å²) in [7, 11) is 0. The lowest BCUT2D eigenvalue weighted by Crippen LogP contribution is -2.72. The number of ether oxygens (including phenoxy) is 10. The second kappa shape index (κ2) is 55.8. The van der Waals surface area contributed by atoms with Crippen LogP contribution in [0.1, 0.15) is 247 Å². The van der Waals surface area contributed by atoms with Gasteiger partial charge in [0.25, 0.3) is 11.6 Å². The number of carbonyl (C=O) groups excluding carboxylic acids is 4. The topological polar surface area (TPSA) is 595 Å².